The van der Waals surface area contributed by atoms with Crippen LogP contribution in [-0.2, 0) is 9.53 Å². The molecule has 0 bridgehead atoms. The van der Waals surface area contributed by atoms with Crippen molar-refractivity contribution < 1.29 is 14.3 Å². The number of benzene rings is 1. The number of hydrogen-bond acceptors (Lipinski definition) is 5. The van der Waals surface area contributed by atoms with Crippen LogP contribution in [0.3, 0.4) is 0 Å². The summed E-state index contributed by atoms with van der Waals surface area (Å²) < 4.78 is 4.82. The Kier molecular flexibility index (Phi) is 6.28. The van der Waals surface area contributed by atoms with Gasteiger partial charge in [-0.2, -0.15) is 9.90 Å². The Morgan fingerprint density at radius 2 is 2.08 bits per heavy atom. The van der Waals surface area contributed by atoms with Crippen LogP contribution in [0.2, 0.25) is 5.02 Å². The number of amides is 2. The monoisotopic (exact) mass is 351 g/mol. The summed E-state index contributed by atoms with van der Waals surface area (Å²) in [6, 6.07) is 6.96. The molecule has 0 aliphatic carbocycles. The highest BCUT2D eigenvalue weighted by Crippen LogP contribution is 2.14. The van der Waals surface area contributed by atoms with Gasteiger partial charge in [0.05, 0.1) is 24.5 Å². The molecule has 0 saturated heterocycles. The summed E-state index contributed by atoms with van der Waals surface area (Å²) in [4.78, 5) is 25.0. The number of halogens is 1. The molecule has 1 aromatic heterocycles. The van der Waals surface area contributed by atoms with Crippen LogP contribution in [0.25, 0.3) is 5.69 Å². The first-order valence-corrected chi connectivity index (χ1v) is 7.62. The van der Waals surface area contributed by atoms with Crippen molar-refractivity contribution in [3.63, 3.8) is 0 Å². The summed E-state index contributed by atoms with van der Waals surface area (Å²) in [7, 11) is 1.54. The fourth-order valence-corrected chi connectivity index (χ4v) is 2.09. The van der Waals surface area contributed by atoms with Gasteiger partial charge in [-0.3, -0.25) is 9.59 Å². The Labute approximate surface area is 144 Å². The topological polar surface area (TPSA) is 98.1 Å². The van der Waals surface area contributed by atoms with Crippen molar-refractivity contribution in [1.29, 1.82) is 0 Å². The molecule has 2 aromatic rings. The second kappa shape index (κ2) is 8.42. The minimum Gasteiger partial charge on any atom is -0.383 e. The fourth-order valence-electron chi connectivity index (χ4n) is 1.90. The molecule has 24 heavy (non-hydrogen) atoms. The van der Waals surface area contributed by atoms with E-state index in [4.69, 9.17) is 16.3 Å². The lowest BCUT2D eigenvalue weighted by Gasteiger charge is -2.05. The van der Waals surface area contributed by atoms with Crippen LogP contribution in [0, 0.1) is 6.92 Å². The number of ether oxygens (including phenoxy) is 1. The van der Waals surface area contributed by atoms with Gasteiger partial charge in [-0.25, -0.2) is 0 Å². The van der Waals surface area contributed by atoms with Crippen LogP contribution in [0.15, 0.2) is 24.3 Å². The van der Waals surface area contributed by atoms with Crippen LogP contribution in [0.5, 0.6) is 0 Å². The van der Waals surface area contributed by atoms with E-state index >= 15 is 0 Å². The van der Waals surface area contributed by atoms with Gasteiger partial charge in [0.1, 0.15) is 0 Å². The molecule has 0 fully saturated rings. The first-order valence-electron chi connectivity index (χ1n) is 7.25. The highest BCUT2D eigenvalue weighted by molar-refractivity contribution is 6.30. The summed E-state index contributed by atoms with van der Waals surface area (Å²) in [5, 5.41) is 14.0. The first kappa shape index (κ1) is 17.9. The zero-order valence-electron chi connectivity index (χ0n) is 13.4. The molecule has 128 valence electrons. The average Bonchev–Trinajstić information content (AvgIpc) is 2.95. The molecule has 0 aliphatic rings. The predicted molar refractivity (Wildman–Crippen MR) is 88.3 cm³/mol. The van der Waals surface area contributed by atoms with E-state index in [-0.39, 0.29) is 18.1 Å². The zero-order valence-corrected chi connectivity index (χ0v) is 14.1. The Balaban J connectivity index is 1.99. The maximum absolute atomic E-state index is 12.2. The van der Waals surface area contributed by atoms with Crippen LogP contribution in [0.1, 0.15) is 16.2 Å². The summed E-state index contributed by atoms with van der Waals surface area (Å²) in [6.07, 6.45) is 0. The maximum atomic E-state index is 12.2. The highest BCUT2D eigenvalue weighted by Gasteiger charge is 2.17. The Morgan fingerprint density at radius 3 is 2.79 bits per heavy atom. The van der Waals surface area contributed by atoms with Crippen LogP contribution < -0.4 is 10.6 Å². The third kappa shape index (κ3) is 4.77. The number of nitrogens with one attached hydrogen (secondary N) is 2. The van der Waals surface area contributed by atoms with Crippen LogP contribution >= 0.6 is 11.6 Å². The molecule has 0 unspecified atom stereocenters. The highest BCUT2D eigenvalue weighted by atomic mass is 35.5. The fraction of sp³-hybridized carbons (Fsp3) is 0.333. The van der Waals surface area contributed by atoms with E-state index in [1.165, 1.54) is 4.80 Å². The number of carbonyl (C=O) groups is 2. The smallest absolute Gasteiger partial charge is 0.274 e. The third-order valence-electron chi connectivity index (χ3n) is 3.07. The molecule has 2 N–H and O–H groups in total. The van der Waals surface area contributed by atoms with Crippen molar-refractivity contribution in [2.45, 2.75) is 6.92 Å². The lowest BCUT2D eigenvalue weighted by molar-refractivity contribution is -0.120. The van der Waals surface area contributed by atoms with E-state index in [9.17, 15) is 9.59 Å². The van der Waals surface area contributed by atoms with E-state index in [0.717, 1.165) is 0 Å². The van der Waals surface area contributed by atoms with Gasteiger partial charge in [-0.1, -0.05) is 17.7 Å². The summed E-state index contributed by atoms with van der Waals surface area (Å²) in [5.41, 5.74) is 1.24. The van der Waals surface area contributed by atoms with Gasteiger partial charge in [0.25, 0.3) is 5.91 Å². The molecule has 9 heteroatoms. The number of carbonyl (C=O) groups excluding carboxylic acids is 2. The third-order valence-corrected chi connectivity index (χ3v) is 3.31. The second-order valence-corrected chi connectivity index (χ2v) is 5.37. The Hall–Kier alpha value is -2.45. The molecule has 0 saturated carbocycles. The van der Waals surface area contributed by atoms with Gasteiger partial charge in [0.2, 0.25) is 5.91 Å². The molecule has 0 atom stereocenters. The molecule has 0 radical (unpaired) electrons. The van der Waals surface area contributed by atoms with Gasteiger partial charge < -0.3 is 15.4 Å². The summed E-state index contributed by atoms with van der Waals surface area (Å²) in [6.45, 7) is 2.32. The second-order valence-electron chi connectivity index (χ2n) is 4.93. The minimum atomic E-state index is -0.470. The molecular weight excluding hydrogens is 334 g/mol. The largest absolute Gasteiger partial charge is 0.383 e. The normalized spacial score (nSPS) is 10.5. The van der Waals surface area contributed by atoms with Gasteiger partial charge in [0, 0.05) is 18.7 Å². The van der Waals surface area contributed by atoms with E-state index in [0.29, 0.717) is 29.6 Å². The van der Waals surface area contributed by atoms with E-state index in [1.807, 2.05) is 0 Å². The van der Waals surface area contributed by atoms with Gasteiger partial charge in [-0.15, -0.1) is 5.10 Å². The molecule has 1 heterocycles. The van der Waals surface area contributed by atoms with Gasteiger partial charge in [-0.05, 0) is 25.1 Å². The minimum absolute atomic E-state index is 0.147. The zero-order chi connectivity index (χ0) is 17.5. The van der Waals surface area contributed by atoms with E-state index in [2.05, 4.69) is 20.8 Å². The van der Waals surface area contributed by atoms with E-state index < -0.39 is 5.91 Å². The predicted octanol–water partition coefficient (Wildman–Crippen LogP) is 0.722. The van der Waals surface area contributed by atoms with Crippen molar-refractivity contribution in [2.24, 2.45) is 0 Å². The lowest BCUT2D eigenvalue weighted by Crippen LogP contribution is -2.38. The number of methoxy groups -OCH3 is 1. The molecule has 2 amide bonds. The number of rotatable bonds is 7. The Morgan fingerprint density at radius 1 is 1.29 bits per heavy atom. The standard InChI is InChI=1S/C15H18ClN5O3/c1-10-14(15(23)18-9-13(22)17-6-7-24-2)20-21(19-10)12-5-3-4-11(16)8-12/h3-5,8H,6-7,9H2,1-2H3,(H,17,22)(H,18,23). The molecule has 8 nitrogen and oxygen atoms in total. The van der Waals surface area contributed by atoms with Gasteiger partial charge in [0.15, 0.2) is 5.69 Å². The maximum Gasteiger partial charge on any atom is 0.274 e. The number of aromatic nitrogens is 3. The quantitative estimate of drug-likeness (QED) is 0.716. The van der Waals surface area contributed by atoms with Crippen LogP contribution in [0.4, 0.5) is 0 Å². The van der Waals surface area contributed by atoms with Crippen molar-refractivity contribution in [3.8, 4) is 5.69 Å². The van der Waals surface area contributed by atoms with Crippen LogP contribution in [-0.4, -0.2) is 53.6 Å². The van der Waals surface area contributed by atoms with Crippen molar-refractivity contribution in [1.82, 2.24) is 25.6 Å². The number of nitrogens with zero attached hydrogens (tertiary/aromatic N) is 3. The lowest BCUT2D eigenvalue weighted by atomic mass is 10.3. The first-order chi connectivity index (χ1) is 11.5. The van der Waals surface area contributed by atoms with Crippen molar-refractivity contribution >= 4 is 23.4 Å². The van der Waals surface area contributed by atoms with Crippen molar-refractivity contribution in [3.05, 3.63) is 40.7 Å². The molecule has 0 aliphatic heterocycles. The average molecular weight is 352 g/mol. The molecule has 2 rings (SSSR count). The van der Waals surface area contributed by atoms with E-state index in [1.54, 1.807) is 38.3 Å². The summed E-state index contributed by atoms with van der Waals surface area (Å²) >= 11 is 5.94. The summed E-state index contributed by atoms with van der Waals surface area (Å²) in [5.74, 6) is -0.775. The SMILES string of the molecule is COCCNC(=O)CNC(=O)c1nn(-c2cccc(Cl)c2)nc1C. The number of hydrogen-bond donors (Lipinski definition) is 2. The van der Waals surface area contributed by atoms with Gasteiger partial charge >= 0.3 is 0 Å². The Bertz CT molecular complexity index is 732. The number of aryl methyl sites for hydroxylation is 1. The molecule has 0 spiro atoms. The molecular formula is C15H18ClN5O3. The molecule has 1 aromatic carbocycles. The van der Waals surface area contributed by atoms with Crippen molar-refractivity contribution in [2.75, 3.05) is 26.8 Å².